The van der Waals surface area contributed by atoms with Gasteiger partial charge < -0.3 is 4.74 Å². The summed E-state index contributed by atoms with van der Waals surface area (Å²) in [4.78, 5) is 0. The summed E-state index contributed by atoms with van der Waals surface area (Å²) in [5.74, 6) is 0.869. The van der Waals surface area contributed by atoms with Gasteiger partial charge in [0.1, 0.15) is 16.7 Å². The van der Waals surface area contributed by atoms with E-state index in [9.17, 15) is 4.21 Å². The Morgan fingerprint density at radius 1 is 1.20 bits per heavy atom. The van der Waals surface area contributed by atoms with Crippen LogP contribution in [0.4, 0.5) is 0 Å². The molecule has 1 heterocycles. The van der Waals surface area contributed by atoms with Crippen LogP contribution in [0, 0.1) is 0 Å². The highest BCUT2D eigenvalue weighted by Crippen LogP contribution is 2.35. The number of nitrogens with zero attached hydrogens (tertiary/aromatic N) is 1. The van der Waals surface area contributed by atoms with Crippen LogP contribution in [0.5, 0.6) is 5.75 Å². The summed E-state index contributed by atoms with van der Waals surface area (Å²) >= 11 is 0. The van der Waals surface area contributed by atoms with Gasteiger partial charge in [0.25, 0.3) is 0 Å². The van der Waals surface area contributed by atoms with Gasteiger partial charge in [-0.05, 0) is 51.3 Å². The van der Waals surface area contributed by atoms with Crippen LogP contribution in [0.1, 0.15) is 51.6 Å². The van der Waals surface area contributed by atoms with E-state index in [1.165, 1.54) is 12.0 Å². The van der Waals surface area contributed by atoms with Crippen molar-refractivity contribution in [1.82, 2.24) is 4.31 Å². The predicted molar refractivity (Wildman–Crippen MR) is 84.2 cm³/mol. The van der Waals surface area contributed by atoms with Crippen LogP contribution in [0.15, 0.2) is 24.3 Å². The normalized spacial score (nSPS) is 22.5. The summed E-state index contributed by atoms with van der Waals surface area (Å²) in [6.07, 6.45) is 3.41. The van der Waals surface area contributed by atoms with E-state index in [-0.39, 0.29) is 10.8 Å². The maximum absolute atomic E-state index is 12.7. The van der Waals surface area contributed by atoms with Crippen molar-refractivity contribution in [3.8, 4) is 5.75 Å². The van der Waals surface area contributed by atoms with E-state index in [1.54, 1.807) is 7.11 Å². The van der Waals surface area contributed by atoms with Crippen LogP contribution in [-0.4, -0.2) is 26.9 Å². The van der Waals surface area contributed by atoms with E-state index < -0.39 is 11.0 Å². The van der Waals surface area contributed by atoms with Crippen molar-refractivity contribution < 1.29 is 8.95 Å². The number of hydrogen-bond acceptors (Lipinski definition) is 2. The van der Waals surface area contributed by atoms with Gasteiger partial charge in [0, 0.05) is 12.6 Å². The Hall–Kier alpha value is -0.870. The molecule has 0 amide bonds. The molecule has 0 spiro atoms. The zero-order valence-electron chi connectivity index (χ0n) is 12.9. The van der Waals surface area contributed by atoms with Crippen LogP contribution in [-0.2, 0) is 11.0 Å². The van der Waals surface area contributed by atoms with Gasteiger partial charge in [-0.2, -0.15) is 0 Å². The van der Waals surface area contributed by atoms with Gasteiger partial charge in [0.15, 0.2) is 0 Å². The van der Waals surface area contributed by atoms with Gasteiger partial charge in [-0.15, -0.1) is 0 Å². The molecule has 0 saturated carbocycles. The molecule has 1 saturated heterocycles. The second-order valence-electron chi connectivity index (χ2n) is 6.29. The molecule has 0 aromatic heterocycles. The second kappa shape index (κ2) is 6.27. The summed E-state index contributed by atoms with van der Waals surface area (Å²) < 4.78 is 19.9. The van der Waals surface area contributed by atoms with Gasteiger partial charge in [-0.1, -0.05) is 18.6 Å². The summed E-state index contributed by atoms with van der Waals surface area (Å²) in [7, 11) is 0.718. The monoisotopic (exact) mass is 295 g/mol. The van der Waals surface area contributed by atoms with Crippen molar-refractivity contribution in [2.75, 3.05) is 13.7 Å². The Bertz CT molecular complexity index is 464. The predicted octanol–water partition coefficient (Wildman–Crippen LogP) is 3.68. The number of rotatable bonds is 3. The molecule has 0 aliphatic carbocycles. The van der Waals surface area contributed by atoms with Gasteiger partial charge in [0.05, 0.1) is 11.9 Å². The molecule has 1 fully saturated rings. The summed E-state index contributed by atoms with van der Waals surface area (Å²) in [5.41, 5.74) is 1.24. The van der Waals surface area contributed by atoms with Crippen LogP contribution in [0.3, 0.4) is 0 Å². The molecule has 2 rings (SSSR count). The Kier molecular flexibility index (Phi) is 4.86. The zero-order chi connectivity index (χ0) is 14.8. The average molecular weight is 295 g/mol. The minimum Gasteiger partial charge on any atom is -0.497 e. The third-order valence-corrected chi connectivity index (χ3v) is 5.60. The van der Waals surface area contributed by atoms with Crippen molar-refractivity contribution in [2.45, 2.75) is 50.8 Å². The fourth-order valence-electron chi connectivity index (χ4n) is 2.61. The molecule has 112 valence electrons. The molecule has 0 N–H and O–H groups in total. The van der Waals surface area contributed by atoms with E-state index in [4.69, 9.17) is 4.74 Å². The Morgan fingerprint density at radius 3 is 2.40 bits per heavy atom. The SMILES string of the molecule is COc1ccc([C@H]2CCCCN2[S@](=O)C(C)(C)C)cc1. The fraction of sp³-hybridized carbons (Fsp3) is 0.625. The largest absolute Gasteiger partial charge is 0.497 e. The number of methoxy groups -OCH3 is 1. The number of piperidine rings is 1. The zero-order valence-corrected chi connectivity index (χ0v) is 13.7. The Morgan fingerprint density at radius 2 is 1.85 bits per heavy atom. The van der Waals surface area contributed by atoms with Crippen molar-refractivity contribution in [3.05, 3.63) is 29.8 Å². The molecule has 1 aliphatic heterocycles. The Balaban J connectivity index is 2.24. The fourth-order valence-corrected chi connectivity index (χ4v) is 4.07. The van der Waals surface area contributed by atoms with Crippen molar-refractivity contribution in [1.29, 1.82) is 0 Å². The van der Waals surface area contributed by atoms with E-state index in [1.807, 2.05) is 32.9 Å². The first-order valence-electron chi connectivity index (χ1n) is 7.26. The van der Waals surface area contributed by atoms with Gasteiger partial charge in [0.2, 0.25) is 0 Å². The first-order valence-corrected chi connectivity index (χ1v) is 8.37. The highest BCUT2D eigenvalue weighted by Gasteiger charge is 2.33. The average Bonchev–Trinajstić information content (AvgIpc) is 2.45. The maximum Gasteiger partial charge on any atom is 0.118 e. The molecule has 3 nitrogen and oxygen atoms in total. The number of benzene rings is 1. The standard InChI is InChI=1S/C16H25NO2S/c1-16(2,3)20(18)17-12-6-5-7-15(17)13-8-10-14(19-4)11-9-13/h8-11,15H,5-7,12H2,1-4H3/t15-,20-/m1/s1. The minimum atomic E-state index is -0.959. The van der Waals surface area contributed by atoms with Crippen molar-refractivity contribution >= 4 is 11.0 Å². The highest BCUT2D eigenvalue weighted by molar-refractivity contribution is 7.84. The quantitative estimate of drug-likeness (QED) is 0.851. The molecule has 0 bridgehead atoms. The van der Waals surface area contributed by atoms with E-state index in [2.05, 4.69) is 16.4 Å². The lowest BCUT2D eigenvalue weighted by Gasteiger charge is -2.38. The molecule has 0 radical (unpaired) electrons. The van der Waals surface area contributed by atoms with Crippen molar-refractivity contribution in [3.63, 3.8) is 0 Å². The van der Waals surface area contributed by atoms with Crippen LogP contribution in [0.2, 0.25) is 0 Å². The lowest BCUT2D eigenvalue weighted by molar-refractivity contribution is 0.264. The van der Waals surface area contributed by atoms with Crippen LogP contribution >= 0.6 is 0 Å². The van der Waals surface area contributed by atoms with Crippen molar-refractivity contribution in [2.24, 2.45) is 0 Å². The lowest BCUT2D eigenvalue weighted by atomic mass is 9.97. The second-order valence-corrected chi connectivity index (χ2v) is 8.48. The van der Waals surface area contributed by atoms with E-state index in [0.717, 1.165) is 25.1 Å². The summed E-state index contributed by atoms with van der Waals surface area (Å²) in [6, 6.07) is 8.43. The molecule has 2 atom stereocenters. The first kappa shape index (κ1) is 15.5. The topological polar surface area (TPSA) is 29.5 Å². The van der Waals surface area contributed by atoms with Gasteiger partial charge >= 0.3 is 0 Å². The van der Waals surface area contributed by atoms with E-state index >= 15 is 0 Å². The number of ether oxygens (including phenoxy) is 1. The molecule has 4 heteroatoms. The molecule has 1 aliphatic rings. The third kappa shape index (κ3) is 3.41. The van der Waals surface area contributed by atoms with Crippen LogP contribution in [0.25, 0.3) is 0 Å². The van der Waals surface area contributed by atoms with E-state index in [0.29, 0.717) is 0 Å². The van der Waals surface area contributed by atoms with Crippen LogP contribution < -0.4 is 4.74 Å². The molecular formula is C16H25NO2S. The molecular weight excluding hydrogens is 270 g/mol. The number of hydrogen-bond donors (Lipinski definition) is 0. The molecule has 1 aromatic carbocycles. The first-order chi connectivity index (χ1) is 9.43. The summed E-state index contributed by atoms with van der Waals surface area (Å²) in [5, 5.41) is 0. The summed E-state index contributed by atoms with van der Waals surface area (Å²) in [6.45, 7) is 7.05. The van der Waals surface area contributed by atoms with Gasteiger partial charge in [-0.3, -0.25) is 0 Å². The van der Waals surface area contributed by atoms with Gasteiger partial charge in [-0.25, -0.2) is 8.51 Å². The maximum atomic E-state index is 12.7. The smallest absolute Gasteiger partial charge is 0.118 e. The molecule has 1 aromatic rings. The molecule has 0 unspecified atom stereocenters. The highest BCUT2D eigenvalue weighted by atomic mass is 32.2. The molecule has 20 heavy (non-hydrogen) atoms. The lowest BCUT2D eigenvalue weighted by Crippen LogP contribution is -2.42. The Labute approximate surface area is 124 Å². The third-order valence-electron chi connectivity index (χ3n) is 3.69. The minimum absolute atomic E-state index is 0.206.